The molecular formula is C21H26O4. The minimum Gasteiger partial charge on any atom is -0.458 e. The van der Waals surface area contributed by atoms with E-state index < -0.39 is 5.60 Å². The van der Waals surface area contributed by atoms with Gasteiger partial charge in [-0.2, -0.15) is 0 Å². The fourth-order valence-electron chi connectivity index (χ4n) is 6.26. The van der Waals surface area contributed by atoms with E-state index in [0.29, 0.717) is 18.4 Å². The molecule has 0 aromatic heterocycles. The summed E-state index contributed by atoms with van der Waals surface area (Å²) in [6.07, 6.45) is 6.73. The Morgan fingerprint density at radius 2 is 2.16 bits per heavy atom. The average molecular weight is 342 g/mol. The molecule has 0 bridgehead atoms. The molecular weight excluding hydrogens is 316 g/mol. The fraction of sp³-hybridized carbons (Fsp3) is 0.714. The van der Waals surface area contributed by atoms with Gasteiger partial charge in [-0.05, 0) is 60.5 Å². The Balaban J connectivity index is 1.56. The van der Waals surface area contributed by atoms with Crippen LogP contribution in [-0.2, 0) is 19.1 Å². The predicted molar refractivity (Wildman–Crippen MR) is 91.7 cm³/mol. The first-order valence-corrected chi connectivity index (χ1v) is 9.75. The standard InChI is InChI=1S/C21H26O4/c1-4-11(2)12-5-6-16-20(3)8-7-13-14(10-24-19(13)23)15(20)9-17-21(16,25-17)18(12)22/h5,11,15-17H,4,6-10H2,1-3H3. The van der Waals surface area contributed by atoms with Gasteiger partial charge in [0.2, 0.25) is 0 Å². The van der Waals surface area contributed by atoms with Crippen LogP contribution in [0.2, 0.25) is 0 Å². The second-order valence-electron chi connectivity index (χ2n) is 8.86. The van der Waals surface area contributed by atoms with Crippen LogP contribution in [0.15, 0.2) is 22.8 Å². The minimum absolute atomic E-state index is 0.0208. The van der Waals surface area contributed by atoms with Gasteiger partial charge in [-0.3, -0.25) is 4.79 Å². The molecule has 0 aromatic carbocycles. The maximum Gasteiger partial charge on any atom is 0.334 e. The number of epoxide rings is 1. The third-order valence-electron chi connectivity index (χ3n) is 7.98. The van der Waals surface area contributed by atoms with Crippen molar-refractivity contribution in [2.75, 3.05) is 6.61 Å². The molecule has 4 heteroatoms. The Hall–Kier alpha value is -1.42. The summed E-state index contributed by atoms with van der Waals surface area (Å²) >= 11 is 0. The highest BCUT2D eigenvalue weighted by Gasteiger charge is 2.75. The van der Waals surface area contributed by atoms with Crippen molar-refractivity contribution in [3.63, 3.8) is 0 Å². The van der Waals surface area contributed by atoms with Crippen molar-refractivity contribution >= 4 is 11.8 Å². The fourth-order valence-corrected chi connectivity index (χ4v) is 6.26. The van der Waals surface area contributed by atoms with E-state index in [0.717, 1.165) is 43.3 Å². The summed E-state index contributed by atoms with van der Waals surface area (Å²) in [5, 5.41) is 0. The van der Waals surface area contributed by atoms with Crippen molar-refractivity contribution in [2.45, 2.75) is 64.6 Å². The van der Waals surface area contributed by atoms with Crippen molar-refractivity contribution in [3.8, 4) is 0 Å². The average Bonchev–Trinajstić information content (AvgIpc) is 3.20. The molecule has 6 unspecified atom stereocenters. The molecule has 5 rings (SSSR count). The number of esters is 1. The topological polar surface area (TPSA) is 55.9 Å². The van der Waals surface area contributed by atoms with Crippen molar-refractivity contribution in [1.29, 1.82) is 0 Å². The third kappa shape index (κ3) is 1.77. The van der Waals surface area contributed by atoms with E-state index in [9.17, 15) is 9.59 Å². The summed E-state index contributed by atoms with van der Waals surface area (Å²) in [7, 11) is 0. The number of allylic oxidation sites excluding steroid dienone is 1. The Bertz CT molecular complexity index is 747. The molecule has 0 radical (unpaired) electrons. The highest BCUT2D eigenvalue weighted by Crippen LogP contribution is 2.68. The molecule has 6 atom stereocenters. The zero-order valence-electron chi connectivity index (χ0n) is 15.3. The van der Waals surface area contributed by atoms with Gasteiger partial charge in [0.15, 0.2) is 11.4 Å². The van der Waals surface area contributed by atoms with Gasteiger partial charge in [0.05, 0.1) is 6.10 Å². The first-order valence-electron chi connectivity index (χ1n) is 9.75. The molecule has 1 spiro atoms. The van der Waals surface area contributed by atoms with Gasteiger partial charge in [0.1, 0.15) is 6.61 Å². The Morgan fingerprint density at radius 3 is 2.92 bits per heavy atom. The summed E-state index contributed by atoms with van der Waals surface area (Å²) in [4.78, 5) is 25.3. The Labute approximate surface area is 148 Å². The number of fused-ring (bicyclic) bond motifs is 3. The molecule has 0 aromatic rings. The number of hydrogen-bond donors (Lipinski definition) is 0. The normalized spacial score (nSPS) is 45.7. The van der Waals surface area contributed by atoms with Crippen LogP contribution in [0.3, 0.4) is 0 Å². The molecule has 4 nitrogen and oxygen atoms in total. The first kappa shape index (κ1) is 15.8. The number of carbonyl (C=O) groups excluding carboxylic acids is 2. The van der Waals surface area contributed by atoms with E-state index in [1.54, 1.807) is 0 Å². The van der Waals surface area contributed by atoms with Gasteiger partial charge in [-0.1, -0.05) is 26.8 Å². The number of cyclic esters (lactones) is 1. The number of rotatable bonds is 2. The van der Waals surface area contributed by atoms with Crippen LogP contribution in [0.4, 0.5) is 0 Å². The lowest BCUT2D eigenvalue weighted by atomic mass is 9.49. The second kappa shape index (κ2) is 4.85. The van der Waals surface area contributed by atoms with E-state index in [1.807, 2.05) is 0 Å². The van der Waals surface area contributed by atoms with Gasteiger partial charge in [-0.25, -0.2) is 4.79 Å². The smallest absolute Gasteiger partial charge is 0.334 e. The zero-order chi connectivity index (χ0) is 17.6. The molecule has 2 heterocycles. The summed E-state index contributed by atoms with van der Waals surface area (Å²) in [6.45, 7) is 7.05. The SMILES string of the molecule is CCC(C)C1=CCC2C3(C)CCC4=C(COC4=O)C3CC3OC32C1=O. The first-order chi connectivity index (χ1) is 11.9. The van der Waals surface area contributed by atoms with E-state index in [-0.39, 0.29) is 29.2 Å². The van der Waals surface area contributed by atoms with Crippen LogP contribution in [0, 0.1) is 23.2 Å². The van der Waals surface area contributed by atoms with Gasteiger partial charge in [-0.15, -0.1) is 0 Å². The van der Waals surface area contributed by atoms with Crippen LogP contribution in [0.5, 0.6) is 0 Å². The van der Waals surface area contributed by atoms with Gasteiger partial charge < -0.3 is 9.47 Å². The third-order valence-corrected chi connectivity index (χ3v) is 7.98. The van der Waals surface area contributed by atoms with Crippen molar-refractivity contribution in [1.82, 2.24) is 0 Å². The highest BCUT2D eigenvalue weighted by molar-refractivity contribution is 6.06. The molecule has 0 amide bonds. The molecule has 2 aliphatic heterocycles. The lowest BCUT2D eigenvalue weighted by molar-refractivity contribution is -0.136. The Kier molecular flexibility index (Phi) is 3.06. The lowest BCUT2D eigenvalue weighted by Gasteiger charge is -2.52. The van der Waals surface area contributed by atoms with Crippen LogP contribution in [0.25, 0.3) is 0 Å². The number of ketones is 1. The molecule has 0 N–H and O–H groups in total. The highest BCUT2D eigenvalue weighted by atomic mass is 16.6. The number of carbonyl (C=O) groups is 2. The quantitative estimate of drug-likeness (QED) is 0.570. The number of hydrogen-bond acceptors (Lipinski definition) is 4. The number of ether oxygens (including phenoxy) is 2. The predicted octanol–water partition coefficient (Wildman–Crippen LogP) is 3.36. The van der Waals surface area contributed by atoms with Crippen LogP contribution >= 0.6 is 0 Å². The van der Waals surface area contributed by atoms with Gasteiger partial charge in [0.25, 0.3) is 0 Å². The van der Waals surface area contributed by atoms with Crippen LogP contribution < -0.4 is 0 Å². The van der Waals surface area contributed by atoms with E-state index in [2.05, 4.69) is 26.8 Å². The van der Waals surface area contributed by atoms with E-state index in [1.165, 1.54) is 5.57 Å². The summed E-state index contributed by atoms with van der Waals surface area (Å²) in [5.74, 6) is 0.985. The van der Waals surface area contributed by atoms with Gasteiger partial charge in [0, 0.05) is 11.5 Å². The lowest BCUT2D eigenvalue weighted by Crippen LogP contribution is -2.55. The summed E-state index contributed by atoms with van der Waals surface area (Å²) in [5.41, 5.74) is 2.55. The monoisotopic (exact) mass is 342 g/mol. The van der Waals surface area contributed by atoms with Crippen LogP contribution in [0.1, 0.15) is 52.9 Å². The van der Waals surface area contributed by atoms with Crippen molar-refractivity contribution in [3.05, 3.63) is 22.8 Å². The van der Waals surface area contributed by atoms with Crippen molar-refractivity contribution < 1.29 is 19.1 Å². The summed E-state index contributed by atoms with van der Waals surface area (Å²) < 4.78 is 11.5. The largest absolute Gasteiger partial charge is 0.458 e. The van der Waals surface area contributed by atoms with Crippen LogP contribution in [-0.4, -0.2) is 30.1 Å². The maximum absolute atomic E-state index is 13.3. The van der Waals surface area contributed by atoms with Gasteiger partial charge >= 0.3 is 5.97 Å². The molecule has 1 saturated carbocycles. The van der Waals surface area contributed by atoms with E-state index >= 15 is 0 Å². The second-order valence-corrected chi connectivity index (χ2v) is 8.86. The molecule has 5 aliphatic rings. The Morgan fingerprint density at radius 1 is 1.36 bits per heavy atom. The molecule has 25 heavy (non-hydrogen) atoms. The number of Topliss-reactive ketones (excluding diaryl/α,β-unsaturated/α-hetero) is 1. The minimum atomic E-state index is -0.569. The molecule has 3 aliphatic carbocycles. The molecule has 2 fully saturated rings. The zero-order valence-corrected chi connectivity index (χ0v) is 15.3. The van der Waals surface area contributed by atoms with Crippen molar-refractivity contribution in [2.24, 2.45) is 23.2 Å². The maximum atomic E-state index is 13.3. The molecule has 134 valence electrons. The summed E-state index contributed by atoms with van der Waals surface area (Å²) in [6, 6.07) is 0. The van der Waals surface area contributed by atoms with E-state index in [4.69, 9.17) is 9.47 Å². The molecule has 1 saturated heterocycles.